The smallest absolute Gasteiger partial charge is 0.264 e. The van der Waals surface area contributed by atoms with Crippen LogP contribution in [-0.4, -0.2) is 28.2 Å². The molecule has 27 rings (SSSR count). The molecule has 0 saturated heterocycles. The number of nitrogens with zero attached hydrogens (tertiary/aromatic N) is 6. The average Bonchev–Trinajstić information content (AvgIpc) is 1.57. The molecule has 600 valence electrons. The first kappa shape index (κ1) is 74.2. The topological polar surface area (TPSA) is 103 Å². The summed E-state index contributed by atoms with van der Waals surface area (Å²) in [6.07, 6.45) is 0. The third-order valence-corrected chi connectivity index (χ3v) is 26.2. The fourth-order valence-corrected chi connectivity index (χ4v) is 20.4. The van der Waals surface area contributed by atoms with Crippen molar-refractivity contribution in [2.45, 2.75) is 0 Å². The second kappa shape index (κ2) is 30.0. The summed E-state index contributed by atoms with van der Waals surface area (Å²) in [5.41, 5.74) is 26.4. The lowest BCUT2D eigenvalue weighted by molar-refractivity contribution is 1.19. The van der Waals surface area contributed by atoms with E-state index in [0.717, 1.165) is 192 Å². The molecule has 0 aliphatic carbocycles. The fourth-order valence-electron chi connectivity index (χ4n) is 20.4. The highest BCUT2D eigenvalue weighted by atomic mass is 16.1. The summed E-state index contributed by atoms with van der Waals surface area (Å²) in [5.74, 6) is 0. The first-order valence-electron chi connectivity index (χ1n) is 43.6. The molecule has 6 aromatic heterocycles. The molecule has 0 N–H and O–H groups in total. The Balaban J connectivity index is 0.000000106. The van der Waals surface area contributed by atoms with Gasteiger partial charge in [0.05, 0.1) is 33.1 Å². The fraction of sp³-hybridized carbons (Fsp3) is 0. The quantitative estimate of drug-likeness (QED) is 0.143. The number of fused-ring (bicyclic) bond motifs is 15. The second-order valence-electron chi connectivity index (χ2n) is 33.3. The van der Waals surface area contributed by atoms with Crippen LogP contribution in [0.15, 0.2) is 451 Å². The van der Waals surface area contributed by atoms with E-state index in [1.807, 2.05) is 159 Å². The highest BCUT2D eigenvalue weighted by Gasteiger charge is 2.27. The van der Waals surface area contributed by atoms with Crippen LogP contribution in [0, 0.1) is 0 Å². The zero-order valence-corrected chi connectivity index (χ0v) is 69.5. The molecule has 0 radical (unpaired) electrons. The van der Waals surface area contributed by atoms with Crippen molar-refractivity contribution in [2.75, 3.05) is 0 Å². The van der Waals surface area contributed by atoms with Crippen molar-refractivity contribution in [2.24, 2.45) is 0 Å². The van der Waals surface area contributed by atoms with Gasteiger partial charge in [0.25, 0.3) is 16.7 Å². The van der Waals surface area contributed by atoms with E-state index in [1.165, 1.54) is 21.5 Å². The lowest BCUT2D eigenvalue weighted by Crippen LogP contribution is -2.13. The summed E-state index contributed by atoms with van der Waals surface area (Å²) in [6, 6.07) is 151. The third-order valence-electron chi connectivity index (χ3n) is 26.2. The Bertz CT molecular complexity index is 9320. The van der Waals surface area contributed by atoms with Crippen LogP contribution in [0.5, 0.6) is 0 Å². The van der Waals surface area contributed by atoms with E-state index >= 15 is 0 Å². The molecule has 0 spiro atoms. The van der Waals surface area contributed by atoms with Crippen LogP contribution in [0.3, 0.4) is 0 Å². The molecule has 0 aliphatic rings. The number of pyridine rings is 3. The maximum atomic E-state index is 14.9. The van der Waals surface area contributed by atoms with E-state index in [2.05, 4.69) is 291 Å². The highest BCUT2D eigenvalue weighted by Crippen LogP contribution is 2.47. The SMILES string of the molecule is O=c1c2cccc3c(-c4cccc5ccccc45)ccc(c32)c2nc3c(-c4cccc5ccccc45)cc(-c4cccc5ccccc45)cc3n12.O=c1c2cccc3c(-c4ccccc4)ccc(c32)c2nc3c(-c4ccccc4)cc(-c4ccccc4)cc3n12.O=c1c2cccc3c(-c4ccccc4)ccc(c32)c2nc3cc(-c4ccccc4)cc(-c4ccccc4)c3n12. The number of benzene rings is 21. The zero-order valence-electron chi connectivity index (χ0n) is 69.5. The van der Waals surface area contributed by atoms with Crippen LogP contribution in [0.2, 0.25) is 0 Å². The summed E-state index contributed by atoms with van der Waals surface area (Å²) in [6.45, 7) is 0. The van der Waals surface area contributed by atoms with E-state index in [1.54, 1.807) is 0 Å². The lowest BCUT2D eigenvalue weighted by atomic mass is 9.91. The van der Waals surface area contributed by atoms with Crippen molar-refractivity contribution in [3.05, 3.63) is 468 Å². The summed E-state index contributed by atoms with van der Waals surface area (Å²) < 4.78 is 5.49. The maximum absolute atomic E-state index is 14.9. The Morgan fingerprint density at radius 3 is 0.922 bits per heavy atom. The van der Waals surface area contributed by atoms with Gasteiger partial charge >= 0.3 is 0 Å². The van der Waals surface area contributed by atoms with Crippen molar-refractivity contribution in [3.8, 4) is 100 Å². The van der Waals surface area contributed by atoms with Crippen LogP contribution in [-0.2, 0) is 0 Å². The molecule has 0 aliphatic heterocycles. The van der Waals surface area contributed by atoms with Gasteiger partial charge in [0, 0.05) is 65.2 Å². The zero-order chi connectivity index (χ0) is 85.5. The number of aromatic nitrogens is 6. The van der Waals surface area contributed by atoms with Crippen molar-refractivity contribution in [1.29, 1.82) is 0 Å². The Kier molecular flexibility index (Phi) is 17.2. The van der Waals surface area contributed by atoms with Gasteiger partial charge in [0.1, 0.15) is 16.9 Å². The van der Waals surface area contributed by atoms with Gasteiger partial charge in [-0.3, -0.25) is 27.6 Å². The molecule has 21 aromatic carbocycles. The van der Waals surface area contributed by atoms with Crippen molar-refractivity contribution in [1.82, 2.24) is 28.2 Å². The van der Waals surface area contributed by atoms with E-state index in [-0.39, 0.29) is 16.7 Å². The van der Waals surface area contributed by atoms with Gasteiger partial charge in [-0.1, -0.05) is 364 Å². The first-order chi connectivity index (χ1) is 63.8. The molecule has 0 bridgehead atoms. The minimum Gasteiger partial charge on any atom is -0.268 e. The number of hydrogen-bond donors (Lipinski definition) is 0. The van der Waals surface area contributed by atoms with Crippen LogP contribution >= 0.6 is 0 Å². The number of hydrogen-bond acceptors (Lipinski definition) is 6. The van der Waals surface area contributed by atoms with Crippen LogP contribution in [0.4, 0.5) is 0 Å². The molecule has 129 heavy (non-hydrogen) atoms. The van der Waals surface area contributed by atoms with Gasteiger partial charge in [-0.25, -0.2) is 15.0 Å². The minimum absolute atomic E-state index is 0.0412. The predicted octanol–water partition coefficient (Wildman–Crippen LogP) is 29.2. The lowest BCUT2D eigenvalue weighted by Gasteiger charge is -2.14. The molecule has 9 heteroatoms. The van der Waals surface area contributed by atoms with E-state index in [4.69, 9.17) is 15.0 Å². The summed E-state index contributed by atoms with van der Waals surface area (Å²) >= 11 is 0. The monoisotopic (exact) mass is 1640 g/mol. The predicted molar refractivity (Wildman–Crippen MR) is 537 cm³/mol. The van der Waals surface area contributed by atoms with Gasteiger partial charge in [-0.2, -0.15) is 0 Å². The molecule has 0 fully saturated rings. The average molecular weight is 1650 g/mol. The molecule has 0 amide bonds. The molecule has 0 unspecified atom stereocenters. The molecule has 9 nitrogen and oxygen atoms in total. The highest BCUT2D eigenvalue weighted by molar-refractivity contribution is 6.24. The Morgan fingerprint density at radius 2 is 0.457 bits per heavy atom. The van der Waals surface area contributed by atoms with E-state index in [9.17, 15) is 14.4 Å². The Hall–Kier alpha value is -17.4. The van der Waals surface area contributed by atoms with Gasteiger partial charge in [0.15, 0.2) is 0 Å². The molecule has 6 heterocycles. The normalized spacial score (nSPS) is 11.8. The molecule has 27 aromatic rings. The standard InChI is InChI=1S/C48H28N2O.2C36H22N2O/c51-48-42-24-10-23-40-39(37-21-8-15-30-12-2-5-18-34(30)37)25-26-41(45(40)42)47-49-46-43(38-22-9-16-31-13-3-6-19-35(31)38)27-32(28-44(46)50(47)48)36-20-7-14-29-11-1-4-17-33(29)36;39-36-30-18-10-17-28-27(24-13-6-2-7-14-24)19-20-29(33(28)30)35-37-34-31(25-15-8-3-9-16-25)21-26(22-32(34)38(35)36)23-11-4-1-5-12-23;39-36-30-18-10-17-28-27(24-13-6-2-7-14-24)19-20-29(33(28)30)35-37-32-22-26(23-11-4-1-5-12-23)21-31(34(32)38(35)36)25-15-8-3-9-16-25/h1-28H;2*1-22H. The largest absolute Gasteiger partial charge is 0.268 e. The third kappa shape index (κ3) is 11.9. The van der Waals surface area contributed by atoms with Crippen molar-refractivity contribution in [3.63, 3.8) is 0 Å². The van der Waals surface area contributed by atoms with Gasteiger partial charge in [-0.05, 0) is 205 Å². The number of imidazole rings is 3. The Morgan fingerprint density at radius 1 is 0.171 bits per heavy atom. The van der Waals surface area contributed by atoms with Crippen LogP contribution in [0.25, 0.3) is 247 Å². The summed E-state index contributed by atoms with van der Waals surface area (Å²) in [5, 5.41) is 18.2. The van der Waals surface area contributed by atoms with Gasteiger partial charge in [0.2, 0.25) is 0 Å². The number of rotatable bonds is 9. The molecule has 0 atom stereocenters. The summed E-state index contributed by atoms with van der Waals surface area (Å²) in [7, 11) is 0. The van der Waals surface area contributed by atoms with Crippen LogP contribution < -0.4 is 16.7 Å². The second-order valence-corrected chi connectivity index (χ2v) is 33.3. The first-order valence-corrected chi connectivity index (χ1v) is 43.6. The van der Waals surface area contributed by atoms with Crippen molar-refractivity contribution < 1.29 is 0 Å². The maximum Gasteiger partial charge on any atom is 0.264 e. The minimum atomic E-state index is -0.0559. The molecule has 0 saturated carbocycles. The molecular formula is C120H72N6O3. The van der Waals surface area contributed by atoms with E-state index < -0.39 is 0 Å². The van der Waals surface area contributed by atoms with Crippen molar-refractivity contribution >= 4 is 147 Å². The van der Waals surface area contributed by atoms with E-state index in [0.29, 0.717) is 33.1 Å². The molecular weight excluding hydrogens is 1570 g/mol. The van der Waals surface area contributed by atoms with Crippen LogP contribution in [0.1, 0.15) is 0 Å². The van der Waals surface area contributed by atoms with Gasteiger partial charge < -0.3 is 0 Å². The Labute approximate surface area is 738 Å². The summed E-state index contributed by atoms with van der Waals surface area (Å²) in [4.78, 5) is 59.1. The van der Waals surface area contributed by atoms with Gasteiger partial charge in [-0.15, -0.1) is 0 Å².